The molecule has 2 N–H and O–H groups in total. The number of aromatic nitrogens is 1. The molecule has 0 aliphatic carbocycles. The molecule has 0 saturated carbocycles. The van der Waals surface area contributed by atoms with Crippen molar-refractivity contribution in [3.63, 3.8) is 0 Å². The smallest absolute Gasteiger partial charge is 0.355 e. The zero-order valence-electron chi connectivity index (χ0n) is 17.0. The molecule has 2 amide bonds. The number of alkyl halides is 3. The maximum Gasteiger partial charge on any atom is 0.417 e. The number of rotatable bonds is 4. The number of hydrogen-bond donors (Lipinski definition) is 2. The summed E-state index contributed by atoms with van der Waals surface area (Å²) < 4.78 is 38.1. The maximum atomic E-state index is 12.7. The lowest BCUT2D eigenvalue weighted by Crippen LogP contribution is -2.47. The maximum absolute atomic E-state index is 12.7. The lowest BCUT2D eigenvalue weighted by Gasteiger charge is -2.22. The average Bonchev–Trinajstić information content (AvgIpc) is 3.02. The van der Waals surface area contributed by atoms with Crippen molar-refractivity contribution >= 4 is 17.6 Å². The van der Waals surface area contributed by atoms with Crippen LogP contribution in [-0.4, -0.2) is 54.4 Å². The second kappa shape index (κ2) is 10.1. The quantitative estimate of drug-likeness (QED) is 0.697. The second-order valence-corrected chi connectivity index (χ2v) is 7.21. The molecule has 8 nitrogen and oxygen atoms in total. The van der Waals surface area contributed by atoms with Crippen LogP contribution in [0.2, 0.25) is 0 Å². The Morgan fingerprint density at radius 3 is 2.59 bits per heavy atom. The monoisotopic (exact) mass is 446 g/mol. The van der Waals surface area contributed by atoms with Crippen LogP contribution in [0.5, 0.6) is 0 Å². The van der Waals surface area contributed by atoms with Gasteiger partial charge in [0.2, 0.25) is 0 Å². The first-order valence-electron chi connectivity index (χ1n) is 9.86. The molecule has 1 fully saturated rings. The molecule has 32 heavy (non-hydrogen) atoms. The van der Waals surface area contributed by atoms with E-state index in [-0.39, 0.29) is 12.1 Å². The van der Waals surface area contributed by atoms with Gasteiger partial charge < -0.3 is 4.90 Å². The fourth-order valence-corrected chi connectivity index (χ4v) is 3.27. The highest BCUT2D eigenvalue weighted by Gasteiger charge is 2.31. The molecule has 2 heterocycles. The Balaban J connectivity index is 1.47. The number of amides is 2. The van der Waals surface area contributed by atoms with Crippen molar-refractivity contribution in [2.75, 3.05) is 37.6 Å². The number of nitriles is 1. The summed E-state index contributed by atoms with van der Waals surface area (Å²) in [5.41, 5.74) is 4.46. The number of halogens is 3. The summed E-state index contributed by atoms with van der Waals surface area (Å²) >= 11 is 0. The molecule has 3 rings (SSSR count). The minimum absolute atomic E-state index is 0.0484. The average molecular weight is 446 g/mol. The van der Waals surface area contributed by atoms with E-state index in [2.05, 4.69) is 15.8 Å². The Labute approximate surface area is 182 Å². The molecule has 0 atom stereocenters. The van der Waals surface area contributed by atoms with E-state index in [0.29, 0.717) is 44.0 Å². The van der Waals surface area contributed by atoms with E-state index in [9.17, 15) is 22.8 Å². The zero-order chi connectivity index (χ0) is 23.1. The summed E-state index contributed by atoms with van der Waals surface area (Å²) in [6.07, 6.45) is -2.91. The topological polar surface area (TPSA) is 101 Å². The standard InChI is InChI=1S/C21H21F3N6O2/c22-21(23,24)17-5-6-18(26-13-17)30-8-2-7-29(9-10-30)14-19(31)27-28-20(32)16-4-1-3-15(11-16)12-25/h1,3-6,11,13H,2,7-10,14H2,(H,27,31)(H,28,32). The fourth-order valence-electron chi connectivity index (χ4n) is 3.27. The van der Waals surface area contributed by atoms with E-state index in [1.807, 2.05) is 15.9 Å². The Morgan fingerprint density at radius 1 is 1.09 bits per heavy atom. The molecule has 168 valence electrons. The largest absolute Gasteiger partial charge is 0.417 e. The predicted molar refractivity (Wildman–Crippen MR) is 109 cm³/mol. The number of carbonyl (C=O) groups excluding carboxylic acids is 2. The van der Waals surface area contributed by atoms with Gasteiger partial charge in [-0.25, -0.2) is 4.98 Å². The van der Waals surface area contributed by atoms with Crippen LogP contribution in [0, 0.1) is 11.3 Å². The van der Waals surface area contributed by atoms with Crippen LogP contribution in [0.4, 0.5) is 19.0 Å². The molecule has 0 unspecified atom stereocenters. The summed E-state index contributed by atoms with van der Waals surface area (Å²) in [5, 5.41) is 8.89. The molecule has 1 aromatic heterocycles. The van der Waals surface area contributed by atoms with Crippen LogP contribution >= 0.6 is 0 Å². The second-order valence-electron chi connectivity index (χ2n) is 7.21. The van der Waals surface area contributed by atoms with Gasteiger partial charge in [-0.1, -0.05) is 6.07 Å². The molecule has 1 aliphatic heterocycles. The van der Waals surface area contributed by atoms with E-state index >= 15 is 0 Å². The Bertz CT molecular complexity index is 1000. The minimum Gasteiger partial charge on any atom is -0.355 e. The van der Waals surface area contributed by atoms with E-state index in [4.69, 9.17) is 5.26 Å². The number of nitrogens with one attached hydrogen (secondary N) is 2. The van der Waals surface area contributed by atoms with Gasteiger partial charge in [-0.05, 0) is 36.8 Å². The number of nitrogens with zero attached hydrogens (tertiary/aromatic N) is 4. The number of anilines is 1. The molecule has 0 spiro atoms. The van der Waals surface area contributed by atoms with Gasteiger partial charge in [-0.15, -0.1) is 0 Å². The normalized spacial score (nSPS) is 14.9. The van der Waals surface area contributed by atoms with E-state index in [1.165, 1.54) is 18.2 Å². The first-order chi connectivity index (χ1) is 15.3. The molecule has 11 heteroatoms. The van der Waals surface area contributed by atoms with Crippen molar-refractivity contribution in [1.82, 2.24) is 20.7 Å². The SMILES string of the molecule is N#Cc1cccc(C(=O)NNC(=O)CN2CCCN(c3ccc(C(F)(F)F)cn3)CC2)c1. The highest BCUT2D eigenvalue weighted by molar-refractivity contribution is 5.95. The van der Waals surface area contributed by atoms with Gasteiger partial charge in [0.1, 0.15) is 5.82 Å². The Kier molecular flexibility index (Phi) is 7.27. The summed E-state index contributed by atoms with van der Waals surface area (Å²) in [6, 6.07) is 10.4. The van der Waals surface area contributed by atoms with Crippen LogP contribution in [-0.2, 0) is 11.0 Å². The minimum atomic E-state index is -4.43. The van der Waals surface area contributed by atoms with Crippen molar-refractivity contribution in [1.29, 1.82) is 5.26 Å². The van der Waals surface area contributed by atoms with Gasteiger partial charge in [0.25, 0.3) is 11.8 Å². The third-order valence-corrected chi connectivity index (χ3v) is 4.92. The summed E-state index contributed by atoms with van der Waals surface area (Å²) in [6.45, 7) is 2.27. The van der Waals surface area contributed by atoms with Gasteiger partial charge in [-0.3, -0.25) is 25.3 Å². The molecule has 1 aromatic carbocycles. The first kappa shape index (κ1) is 23.0. The summed E-state index contributed by atoms with van der Waals surface area (Å²) in [5.74, 6) is -0.488. The van der Waals surface area contributed by atoms with Crippen LogP contribution < -0.4 is 15.8 Å². The molecular formula is C21H21F3N6O2. The van der Waals surface area contributed by atoms with Crippen molar-refractivity contribution in [2.45, 2.75) is 12.6 Å². The third-order valence-electron chi connectivity index (χ3n) is 4.92. The molecule has 1 aliphatic rings. The number of hydrazine groups is 1. The molecule has 2 aromatic rings. The molecule has 0 radical (unpaired) electrons. The van der Waals surface area contributed by atoms with Gasteiger partial charge in [0.05, 0.1) is 23.7 Å². The van der Waals surface area contributed by atoms with Gasteiger partial charge in [0.15, 0.2) is 0 Å². The number of pyridine rings is 1. The number of benzene rings is 1. The van der Waals surface area contributed by atoms with E-state index in [1.54, 1.807) is 12.1 Å². The van der Waals surface area contributed by atoms with Crippen molar-refractivity contribution in [2.24, 2.45) is 0 Å². The highest BCUT2D eigenvalue weighted by Crippen LogP contribution is 2.29. The van der Waals surface area contributed by atoms with Crippen molar-refractivity contribution in [3.8, 4) is 6.07 Å². The fraction of sp³-hybridized carbons (Fsp3) is 0.333. The van der Waals surface area contributed by atoms with Crippen LogP contribution in [0.1, 0.15) is 27.9 Å². The number of carbonyl (C=O) groups is 2. The number of hydrogen-bond acceptors (Lipinski definition) is 6. The first-order valence-corrected chi connectivity index (χ1v) is 9.86. The third kappa shape index (κ3) is 6.18. The van der Waals surface area contributed by atoms with E-state index in [0.717, 1.165) is 12.3 Å². The van der Waals surface area contributed by atoms with Gasteiger partial charge >= 0.3 is 6.18 Å². The lowest BCUT2D eigenvalue weighted by molar-refractivity contribution is -0.137. The Hall–Kier alpha value is -3.65. The van der Waals surface area contributed by atoms with Crippen LogP contribution in [0.15, 0.2) is 42.6 Å². The van der Waals surface area contributed by atoms with Crippen LogP contribution in [0.25, 0.3) is 0 Å². The molecular weight excluding hydrogens is 425 g/mol. The molecule has 0 bridgehead atoms. The summed E-state index contributed by atoms with van der Waals surface area (Å²) in [7, 11) is 0. The van der Waals surface area contributed by atoms with E-state index < -0.39 is 23.6 Å². The van der Waals surface area contributed by atoms with Gasteiger partial charge in [0, 0.05) is 37.9 Å². The summed E-state index contributed by atoms with van der Waals surface area (Å²) in [4.78, 5) is 32.0. The lowest BCUT2D eigenvalue weighted by atomic mass is 10.1. The van der Waals surface area contributed by atoms with Crippen LogP contribution in [0.3, 0.4) is 0 Å². The van der Waals surface area contributed by atoms with Crippen molar-refractivity contribution < 1.29 is 22.8 Å². The van der Waals surface area contributed by atoms with Crippen molar-refractivity contribution in [3.05, 3.63) is 59.3 Å². The zero-order valence-corrected chi connectivity index (χ0v) is 17.0. The van der Waals surface area contributed by atoms with Gasteiger partial charge in [-0.2, -0.15) is 18.4 Å². The highest BCUT2D eigenvalue weighted by atomic mass is 19.4. The molecule has 1 saturated heterocycles. The Morgan fingerprint density at radius 2 is 1.91 bits per heavy atom. The predicted octanol–water partition coefficient (Wildman–Crippen LogP) is 1.95.